The summed E-state index contributed by atoms with van der Waals surface area (Å²) in [6, 6.07) is 8.45. The zero-order valence-corrected chi connectivity index (χ0v) is 11.7. The molecule has 0 aliphatic heterocycles. The van der Waals surface area contributed by atoms with E-state index in [0.29, 0.717) is 0 Å². The number of nitriles is 1. The van der Waals surface area contributed by atoms with Gasteiger partial charge in [-0.05, 0) is 38.3 Å². The Balaban J connectivity index is 2.03. The Labute approximate surface area is 118 Å². The van der Waals surface area contributed by atoms with Crippen molar-refractivity contribution >= 4 is 0 Å². The van der Waals surface area contributed by atoms with Crippen molar-refractivity contribution in [2.24, 2.45) is 0 Å². The number of methoxy groups -OCH3 is 1. The second-order valence-electron chi connectivity index (χ2n) is 5.40. The number of H-pyrrole nitrogens is 1. The largest absolute Gasteiger partial charge is 0.496 e. The fourth-order valence-corrected chi connectivity index (χ4v) is 2.67. The third-order valence-corrected chi connectivity index (χ3v) is 4.10. The molecule has 102 valence electrons. The summed E-state index contributed by atoms with van der Waals surface area (Å²) in [7, 11) is 1.66. The predicted octanol–water partition coefficient (Wildman–Crippen LogP) is 3.34. The first-order valence-electron chi connectivity index (χ1n) is 6.80. The van der Waals surface area contributed by atoms with Crippen LogP contribution in [0.2, 0.25) is 0 Å². The van der Waals surface area contributed by atoms with Crippen LogP contribution in [-0.4, -0.2) is 17.1 Å². The first-order valence-corrected chi connectivity index (χ1v) is 6.80. The van der Waals surface area contributed by atoms with E-state index in [9.17, 15) is 5.26 Å². The maximum absolute atomic E-state index is 9.38. The topological polar surface area (TPSA) is 61.7 Å². The SMILES string of the molecule is COc1ccc(C)cc1-c1cnc(C2(C#N)CCC2)[nH]1. The first kappa shape index (κ1) is 12.7. The molecule has 0 radical (unpaired) electrons. The Hall–Kier alpha value is -2.28. The molecule has 2 aromatic rings. The van der Waals surface area contributed by atoms with Crippen LogP contribution < -0.4 is 4.74 Å². The summed E-state index contributed by atoms with van der Waals surface area (Å²) < 4.78 is 5.40. The van der Waals surface area contributed by atoms with Crippen molar-refractivity contribution in [3.05, 3.63) is 35.8 Å². The molecule has 1 fully saturated rings. The highest BCUT2D eigenvalue weighted by molar-refractivity contribution is 5.68. The normalized spacial score (nSPS) is 16.2. The van der Waals surface area contributed by atoms with Gasteiger partial charge in [-0.3, -0.25) is 0 Å². The molecule has 1 aliphatic carbocycles. The Morgan fingerprint density at radius 3 is 2.80 bits per heavy atom. The van der Waals surface area contributed by atoms with Crippen molar-refractivity contribution in [1.82, 2.24) is 9.97 Å². The number of imidazole rings is 1. The minimum Gasteiger partial charge on any atom is -0.496 e. The fraction of sp³-hybridized carbons (Fsp3) is 0.375. The number of nitrogens with one attached hydrogen (secondary N) is 1. The maximum atomic E-state index is 9.38. The van der Waals surface area contributed by atoms with E-state index >= 15 is 0 Å². The van der Waals surface area contributed by atoms with Gasteiger partial charge in [0.2, 0.25) is 0 Å². The van der Waals surface area contributed by atoms with Crippen LogP contribution in [-0.2, 0) is 5.41 Å². The van der Waals surface area contributed by atoms with Crippen molar-refractivity contribution in [3.63, 3.8) is 0 Å². The van der Waals surface area contributed by atoms with Crippen LogP contribution in [0.3, 0.4) is 0 Å². The summed E-state index contributed by atoms with van der Waals surface area (Å²) >= 11 is 0. The van der Waals surface area contributed by atoms with Crippen LogP contribution in [0.5, 0.6) is 5.75 Å². The molecule has 1 saturated carbocycles. The van der Waals surface area contributed by atoms with Gasteiger partial charge in [-0.1, -0.05) is 11.6 Å². The third-order valence-electron chi connectivity index (χ3n) is 4.10. The van der Waals surface area contributed by atoms with Gasteiger partial charge in [0.25, 0.3) is 0 Å². The number of hydrogen-bond acceptors (Lipinski definition) is 3. The lowest BCUT2D eigenvalue weighted by Gasteiger charge is -2.32. The summed E-state index contributed by atoms with van der Waals surface area (Å²) in [5.74, 6) is 1.59. The highest BCUT2D eigenvalue weighted by atomic mass is 16.5. The molecule has 0 amide bonds. The lowest BCUT2D eigenvalue weighted by Crippen LogP contribution is -2.33. The van der Waals surface area contributed by atoms with E-state index in [1.54, 1.807) is 13.3 Å². The van der Waals surface area contributed by atoms with E-state index in [1.807, 2.05) is 19.1 Å². The summed E-state index contributed by atoms with van der Waals surface area (Å²) in [4.78, 5) is 7.74. The van der Waals surface area contributed by atoms with Crippen molar-refractivity contribution in [3.8, 4) is 23.1 Å². The minimum absolute atomic E-state index is 0.407. The van der Waals surface area contributed by atoms with E-state index in [2.05, 4.69) is 22.1 Å². The zero-order valence-electron chi connectivity index (χ0n) is 11.7. The van der Waals surface area contributed by atoms with Gasteiger partial charge < -0.3 is 9.72 Å². The van der Waals surface area contributed by atoms with Gasteiger partial charge in [-0.25, -0.2) is 4.98 Å². The van der Waals surface area contributed by atoms with Crippen molar-refractivity contribution < 1.29 is 4.74 Å². The van der Waals surface area contributed by atoms with Gasteiger partial charge in [0.05, 0.1) is 25.1 Å². The molecule has 3 rings (SSSR count). The van der Waals surface area contributed by atoms with Gasteiger partial charge in [0.15, 0.2) is 0 Å². The maximum Gasteiger partial charge on any atom is 0.128 e. The van der Waals surface area contributed by atoms with E-state index < -0.39 is 5.41 Å². The van der Waals surface area contributed by atoms with Crippen LogP contribution in [0.15, 0.2) is 24.4 Å². The number of benzene rings is 1. The molecule has 4 heteroatoms. The smallest absolute Gasteiger partial charge is 0.128 e. The third kappa shape index (κ3) is 1.87. The monoisotopic (exact) mass is 267 g/mol. The lowest BCUT2D eigenvalue weighted by molar-refractivity contribution is 0.309. The highest BCUT2D eigenvalue weighted by Gasteiger charge is 2.41. The molecule has 1 aromatic heterocycles. The standard InChI is InChI=1S/C16H17N3O/c1-11-4-5-14(20-2)12(8-11)13-9-18-15(19-13)16(10-17)6-3-7-16/h4-5,8-9H,3,6-7H2,1-2H3,(H,18,19). The predicted molar refractivity (Wildman–Crippen MR) is 76.5 cm³/mol. The number of aromatic amines is 1. The quantitative estimate of drug-likeness (QED) is 0.927. The van der Waals surface area contributed by atoms with Crippen molar-refractivity contribution in [2.45, 2.75) is 31.6 Å². The zero-order chi connectivity index (χ0) is 14.2. The van der Waals surface area contributed by atoms with Gasteiger partial charge in [-0.2, -0.15) is 5.26 Å². The van der Waals surface area contributed by atoms with Crippen LogP contribution >= 0.6 is 0 Å². The number of aromatic nitrogens is 2. The summed E-state index contributed by atoms with van der Waals surface area (Å²) in [5.41, 5.74) is 2.64. The molecule has 0 saturated heterocycles. The molecule has 0 bridgehead atoms. The Kier molecular flexibility index (Phi) is 2.98. The second kappa shape index (κ2) is 4.68. The Morgan fingerprint density at radius 2 is 2.20 bits per heavy atom. The molecule has 1 N–H and O–H groups in total. The molecule has 1 heterocycles. The molecule has 0 atom stereocenters. The van der Waals surface area contributed by atoms with E-state index in [4.69, 9.17) is 4.74 Å². The molecule has 0 unspecified atom stereocenters. The Bertz CT molecular complexity index is 677. The number of hydrogen-bond donors (Lipinski definition) is 1. The van der Waals surface area contributed by atoms with E-state index in [-0.39, 0.29) is 0 Å². The summed E-state index contributed by atoms with van der Waals surface area (Å²) in [5, 5.41) is 9.38. The second-order valence-corrected chi connectivity index (χ2v) is 5.40. The van der Waals surface area contributed by atoms with E-state index in [0.717, 1.165) is 47.7 Å². The highest BCUT2D eigenvalue weighted by Crippen LogP contribution is 2.42. The summed E-state index contributed by atoms with van der Waals surface area (Å²) in [6.45, 7) is 2.04. The van der Waals surface area contributed by atoms with Crippen LogP contribution in [0.4, 0.5) is 0 Å². The number of nitrogens with zero attached hydrogens (tertiary/aromatic N) is 2. The average molecular weight is 267 g/mol. The minimum atomic E-state index is -0.407. The number of rotatable bonds is 3. The van der Waals surface area contributed by atoms with Gasteiger partial charge in [0, 0.05) is 5.56 Å². The first-order chi connectivity index (χ1) is 9.68. The fourth-order valence-electron chi connectivity index (χ4n) is 2.67. The molecular formula is C16H17N3O. The van der Waals surface area contributed by atoms with Crippen LogP contribution in [0.25, 0.3) is 11.3 Å². The van der Waals surface area contributed by atoms with Crippen LogP contribution in [0, 0.1) is 18.3 Å². The number of ether oxygens (including phenoxy) is 1. The van der Waals surface area contributed by atoms with Gasteiger partial charge in [0.1, 0.15) is 17.0 Å². The Morgan fingerprint density at radius 1 is 1.40 bits per heavy atom. The lowest BCUT2D eigenvalue weighted by atomic mass is 9.69. The van der Waals surface area contributed by atoms with E-state index in [1.165, 1.54) is 0 Å². The molecule has 4 nitrogen and oxygen atoms in total. The summed E-state index contributed by atoms with van der Waals surface area (Å²) in [6.07, 6.45) is 4.67. The average Bonchev–Trinajstić information content (AvgIpc) is 2.88. The van der Waals surface area contributed by atoms with Crippen molar-refractivity contribution in [2.75, 3.05) is 7.11 Å². The molecule has 1 aromatic carbocycles. The number of aryl methyl sites for hydroxylation is 1. The molecule has 20 heavy (non-hydrogen) atoms. The molecular weight excluding hydrogens is 250 g/mol. The molecule has 1 aliphatic rings. The van der Waals surface area contributed by atoms with Gasteiger partial charge in [-0.15, -0.1) is 0 Å². The van der Waals surface area contributed by atoms with Gasteiger partial charge >= 0.3 is 0 Å². The van der Waals surface area contributed by atoms with Crippen molar-refractivity contribution in [1.29, 1.82) is 5.26 Å². The molecule has 0 spiro atoms. The van der Waals surface area contributed by atoms with Crippen LogP contribution in [0.1, 0.15) is 30.7 Å².